The summed E-state index contributed by atoms with van der Waals surface area (Å²) in [6.07, 6.45) is 7.97. The minimum Gasteiger partial charge on any atom is -0.344 e. The molecule has 29 heavy (non-hydrogen) atoms. The highest BCUT2D eigenvalue weighted by Crippen LogP contribution is 2.62. The standard InChI is InChI=1S/C28H25N/c1-3-19-16-17-25-27(18-19)29(2)26-15-9-8-14-24(26)28(25)22-12-6-4-10-20(22)21-11-5-7-13-23(21)28/h4-7,9-13,15-18H,3,8,14H2,1-2H3. The lowest BCUT2D eigenvalue weighted by Crippen LogP contribution is -2.39. The molecule has 3 aromatic carbocycles. The Kier molecular flexibility index (Phi) is 3.47. The van der Waals surface area contributed by atoms with Crippen LogP contribution in [0.1, 0.15) is 42.0 Å². The van der Waals surface area contributed by atoms with Crippen LogP contribution < -0.4 is 4.90 Å². The summed E-state index contributed by atoms with van der Waals surface area (Å²) in [5, 5.41) is 0. The molecule has 142 valence electrons. The zero-order valence-electron chi connectivity index (χ0n) is 17.1. The SMILES string of the molecule is CCc1ccc2c(c1)N(C)C1=C(CCC=C1)C21c2ccccc2-c2ccccc21. The monoisotopic (exact) mass is 375 g/mol. The van der Waals surface area contributed by atoms with Crippen LogP contribution in [0.5, 0.6) is 0 Å². The molecule has 6 rings (SSSR count). The Morgan fingerprint density at radius 2 is 1.55 bits per heavy atom. The minimum atomic E-state index is -0.179. The van der Waals surface area contributed by atoms with Gasteiger partial charge in [0.25, 0.3) is 0 Å². The predicted octanol–water partition coefficient (Wildman–Crippen LogP) is 6.62. The van der Waals surface area contributed by atoms with Crippen molar-refractivity contribution in [3.8, 4) is 11.1 Å². The number of fused-ring (bicyclic) bond motifs is 8. The lowest BCUT2D eigenvalue weighted by molar-refractivity contribution is 0.659. The van der Waals surface area contributed by atoms with Crippen molar-refractivity contribution in [2.45, 2.75) is 31.6 Å². The van der Waals surface area contributed by atoms with Crippen molar-refractivity contribution in [3.05, 3.63) is 112 Å². The fraction of sp³-hybridized carbons (Fsp3) is 0.214. The van der Waals surface area contributed by atoms with Crippen LogP contribution in [0.2, 0.25) is 0 Å². The summed E-state index contributed by atoms with van der Waals surface area (Å²) in [4.78, 5) is 2.42. The molecule has 2 aliphatic carbocycles. The summed E-state index contributed by atoms with van der Waals surface area (Å²) in [5.41, 5.74) is 12.6. The van der Waals surface area contributed by atoms with Crippen LogP contribution >= 0.6 is 0 Å². The molecule has 3 aromatic rings. The molecule has 0 unspecified atom stereocenters. The minimum absolute atomic E-state index is 0.179. The number of aryl methyl sites for hydroxylation is 1. The van der Waals surface area contributed by atoms with Gasteiger partial charge in [-0.2, -0.15) is 0 Å². The van der Waals surface area contributed by atoms with Crippen molar-refractivity contribution in [1.29, 1.82) is 0 Å². The van der Waals surface area contributed by atoms with Gasteiger partial charge in [-0.1, -0.05) is 73.7 Å². The number of rotatable bonds is 1. The van der Waals surface area contributed by atoms with Gasteiger partial charge in [-0.3, -0.25) is 0 Å². The van der Waals surface area contributed by atoms with Gasteiger partial charge in [-0.15, -0.1) is 0 Å². The molecule has 0 saturated heterocycles. The highest BCUT2D eigenvalue weighted by Gasteiger charge is 2.51. The van der Waals surface area contributed by atoms with E-state index in [4.69, 9.17) is 0 Å². The lowest BCUT2D eigenvalue weighted by Gasteiger charge is -2.46. The average Bonchev–Trinajstić information content (AvgIpc) is 3.09. The Labute approximate surface area is 173 Å². The third-order valence-electron chi connectivity index (χ3n) is 7.15. The van der Waals surface area contributed by atoms with Gasteiger partial charge >= 0.3 is 0 Å². The predicted molar refractivity (Wildman–Crippen MR) is 121 cm³/mol. The fourth-order valence-electron chi connectivity index (χ4n) is 5.88. The highest BCUT2D eigenvalue weighted by molar-refractivity contribution is 5.90. The van der Waals surface area contributed by atoms with Crippen molar-refractivity contribution in [1.82, 2.24) is 0 Å². The van der Waals surface area contributed by atoms with Crippen molar-refractivity contribution >= 4 is 5.69 Å². The zero-order valence-corrected chi connectivity index (χ0v) is 17.1. The first-order valence-electron chi connectivity index (χ1n) is 10.7. The fourth-order valence-corrected chi connectivity index (χ4v) is 5.88. The van der Waals surface area contributed by atoms with Crippen LogP contribution in [0, 0.1) is 0 Å². The van der Waals surface area contributed by atoms with E-state index >= 15 is 0 Å². The van der Waals surface area contributed by atoms with E-state index in [0.717, 1.165) is 19.3 Å². The number of allylic oxidation sites excluding steroid dienone is 3. The summed E-state index contributed by atoms with van der Waals surface area (Å²) in [5.74, 6) is 0. The molecule has 1 aliphatic heterocycles. The Balaban J connectivity index is 1.81. The van der Waals surface area contributed by atoms with Crippen molar-refractivity contribution in [2.24, 2.45) is 0 Å². The first kappa shape index (κ1) is 16.9. The average molecular weight is 376 g/mol. The van der Waals surface area contributed by atoms with Crippen LogP contribution in [0.4, 0.5) is 5.69 Å². The van der Waals surface area contributed by atoms with E-state index in [0.29, 0.717) is 0 Å². The second-order valence-corrected chi connectivity index (χ2v) is 8.41. The normalized spacial score (nSPS) is 17.8. The molecule has 1 heterocycles. The summed E-state index contributed by atoms with van der Waals surface area (Å²) in [7, 11) is 2.24. The summed E-state index contributed by atoms with van der Waals surface area (Å²) in [6.45, 7) is 2.24. The maximum absolute atomic E-state index is 2.42. The Morgan fingerprint density at radius 1 is 0.862 bits per heavy atom. The number of likely N-dealkylation sites (N-methyl/N-ethyl adjacent to an activating group) is 1. The molecule has 0 amide bonds. The molecule has 3 aliphatic rings. The lowest BCUT2D eigenvalue weighted by atomic mass is 9.62. The maximum atomic E-state index is 2.42. The van der Waals surface area contributed by atoms with Gasteiger partial charge in [0.05, 0.1) is 5.41 Å². The third kappa shape index (κ3) is 2.00. The van der Waals surface area contributed by atoms with E-state index in [9.17, 15) is 0 Å². The van der Waals surface area contributed by atoms with E-state index in [1.54, 1.807) is 5.57 Å². The Hall–Kier alpha value is -3.06. The van der Waals surface area contributed by atoms with Gasteiger partial charge in [-0.05, 0) is 70.4 Å². The van der Waals surface area contributed by atoms with E-state index < -0.39 is 0 Å². The van der Waals surface area contributed by atoms with Gasteiger partial charge in [0, 0.05) is 18.4 Å². The summed E-state index contributed by atoms with van der Waals surface area (Å²) >= 11 is 0. The molecule has 0 N–H and O–H groups in total. The molecule has 0 aromatic heterocycles. The molecule has 0 fully saturated rings. The quantitative estimate of drug-likeness (QED) is 0.462. The second kappa shape index (κ2) is 5.97. The molecule has 0 saturated carbocycles. The van der Waals surface area contributed by atoms with E-state index in [1.165, 1.54) is 44.8 Å². The van der Waals surface area contributed by atoms with Crippen molar-refractivity contribution in [3.63, 3.8) is 0 Å². The third-order valence-corrected chi connectivity index (χ3v) is 7.15. The van der Waals surface area contributed by atoms with Crippen LogP contribution in [0.25, 0.3) is 11.1 Å². The maximum Gasteiger partial charge on any atom is 0.0716 e. The molecular weight excluding hydrogens is 350 g/mol. The molecule has 0 bridgehead atoms. The first-order valence-corrected chi connectivity index (χ1v) is 10.7. The zero-order chi connectivity index (χ0) is 19.6. The molecule has 1 nitrogen and oxygen atoms in total. The van der Waals surface area contributed by atoms with Crippen molar-refractivity contribution in [2.75, 3.05) is 11.9 Å². The van der Waals surface area contributed by atoms with Gasteiger partial charge in [0.15, 0.2) is 0 Å². The van der Waals surface area contributed by atoms with Gasteiger partial charge in [0.2, 0.25) is 0 Å². The van der Waals surface area contributed by atoms with Crippen LogP contribution in [-0.2, 0) is 11.8 Å². The topological polar surface area (TPSA) is 3.24 Å². The van der Waals surface area contributed by atoms with E-state index in [-0.39, 0.29) is 5.41 Å². The van der Waals surface area contributed by atoms with Gasteiger partial charge in [0.1, 0.15) is 0 Å². The van der Waals surface area contributed by atoms with Gasteiger partial charge in [-0.25, -0.2) is 0 Å². The summed E-state index contributed by atoms with van der Waals surface area (Å²) < 4.78 is 0. The van der Waals surface area contributed by atoms with Crippen molar-refractivity contribution < 1.29 is 0 Å². The summed E-state index contributed by atoms with van der Waals surface area (Å²) in [6, 6.07) is 25.3. The molecule has 1 spiro atoms. The number of nitrogens with zero attached hydrogens (tertiary/aromatic N) is 1. The van der Waals surface area contributed by atoms with E-state index in [1.807, 2.05) is 0 Å². The smallest absolute Gasteiger partial charge is 0.0716 e. The number of anilines is 1. The van der Waals surface area contributed by atoms with Crippen LogP contribution in [-0.4, -0.2) is 7.05 Å². The number of hydrogen-bond donors (Lipinski definition) is 0. The van der Waals surface area contributed by atoms with Gasteiger partial charge < -0.3 is 4.90 Å². The number of hydrogen-bond acceptors (Lipinski definition) is 1. The van der Waals surface area contributed by atoms with E-state index in [2.05, 4.69) is 97.8 Å². The molecule has 0 radical (unpaired) electrons. The molecule has 0 atom stereocenters. The second-order valence-electron chi connectivity index (χ2n) is 8.41. The highest BCUT2D eigenvalue weighted by atomic mass is 15.1. The largest absolute Gasteiger partial charge is 0.344 e. The van der Waals surface area contributed by atoms with Crippen LogP contribution in [0.3, 0.4) is 0 Å². The molecule has 1 heteroatoms. The Morgan fingerprint density at radius 3 is 2.24 bits per heavy atom. The van der Waals surface area contributed by atoms with Crippen LogP contribution in [0.15, 0.2) is 90.2 Å². The molecular formula is C28H25N. The first-order chi connectivity index (χ1) is 14.3. The Bertz CT molecular complexity index is 1160. The number of benzene rings is 3.